The number of benzene rings is 1. The number of hydrogen-bond acceptors (Lipinski definition) is 3. The maximum Gasteiger partial charge on any atom is 0.0958 e. The first-order chi connectivity index (χ1) is 9.74. The maximum atomic E-state index is 4.61. The van der Waals surface area contributed by atoms with E-state index >= 15 is 0 Å². The first-order valence-corrected chi connectivity index (χ1v) is 6.47. The highest BCUT2D eigenvalue weighted by atomic mass is 15.4. The van der Waals surface area contributed by atoms with Crippen molar-refractivity contribution in [3.63, 3.8) is 0 Å². The van der Waals surface area contributed by atoms with Crippen LogP contribution in [-0.2, 0) is 7.05 Å². The van der Waals surface area contributed by atoms with E-state index in [1.54, 1.807) is 4.68 Å². The molecule has 5 heteroatoms. The van der Waals surface area contributed by atoms with E-state index in [1.807, 2.05) is 32.3 Å². The van der Waals surface area contributed by atoms with Crippen molar-refractivity contribution in [2.24, 2.45) is 7.05 Å². The molecule has 0 radical (unpaired) electrons. The van der Waals surface area contributed by atoms with Crippen LogP contribution in [0.15, 0.2) is 36.5 Å². The Hall–Kier alpha value is -2.69. The molecule has 20 heavy (non-hydrogen) atoms. The molecule has 1 N–H and O–H groups in total. The lowest BCUT2D eigenvalue weighted by Crippen LogP contribution is -1.95. The third kappa shape index (κ3) is 1.46. The number of H-pyrrole nitrogens is 1. The fourth-order valence-electron chi connectivity index (χ4n) is 2.70. The predicted molar refractivity (Wildman–Crippen MR) is 78.3 cm³/mol. The Bertz CT molecular complexity index is 912. The summed E-state index contributed by atoms with van der Waals surface area (Å²) in [5, 5.41) is 9.28. The van der Waals surface area contributed by atoms with Crippen LogP contribution < -0.4 is 0 Å². The van der Waals surface area contributed by atoms with Gasteiger partial charge in [-0.15, -0.1) is 5.10 Å². The fourth-order valence-corrected chi connectivity index (χ4v) is 2.70. The van der Waals surface area contributed by atoms with Gasteiger partial charge in [0.25, 0.3) is 0 Å². The highest BCUT2D eigenvalue weighted by molar-refractivity contribution is 6.05. The molecular weight excluding hydrogens is 250 g/mol. The molecule has 0 fully saturated rings. The van der Waals surface area contributed by atoms with Gasteiger partial charge in [0.15, 0.2) is 0 Å². The van der Waals surface area contributed by atoms with Gasteiger partial charge >= 0.3 is 0 Å². The van der Waals surface area contributed by atoms with Gasteiger partial charge in [-0.3, -0.25) is 4.98 Å². The summed E-state index contributed by atoms with van der Waals surface area (Å²) in [5.74, 6) is 0. The van der Waals surface area contributed by atoms with Crippen molar-refractivity contribution < 1.29 is 0 Å². The van der Waals surface area contributed by atoms with E-state index in [0.29, 0.717) is 0 Å². The number of nitrogens with zero attached hydrogens (tertiary/aromatic N) is 4. The minimum Gasteiger partial charge on any atom is -0.353 e. The first kappa shape index (κ1) is 11.2. The van der Waals surface area contributed by atoms with Crippen molar-refractivity contribution in [1.82, 2.24) is 25.0 Å². The molecule has 0 amide bonds. The molecule has 0 aliphatic heterocycles. The van der Waals surface area contributed by atoms with Crippen LogP contribution in [0.1, 0.15) is 5.69 Å². The van der Waals surface area contributed by atoms with Gasteiger partial charge in [-0.05, 0) is 19.1 Å². The minimum atomic E-state index is 0.907. The Morgan fingerprint density at radius 1 is 1.15 bits per heavy atom. The lowest BCUT2D eigenvalue weighted by Gasteiger charge is -2.02. The third-order valence-corrected chi connectivity index (χ3v) is 3.61. The van der Waals surface area contributed by atoms with E-state index in [1.165, 1.54) is 0 Å². The second kappa shape index (κ2) is 3.90. The molecule has 0 unspecified atom stereocenters. The Balaban J connectivity index is 2.02. The van der Waals surface area contributed by atoms with E-state index in [4.69, 9.17) is 0 Å². The number of rotatable bonds is 1. The smallest absolute Gasteiger partial charge is 0.0958 e. The van der Waals surface area contributed by atoms with Crippen LogP contribution >= 0.6 is 0 Å². The maximum absolute atomic E-state index is 4.61. The average molecular weight is 263 g/mol. The molecule has 0 atom stereocenters. The number of pyridine rings is 1. The summed E-state index contributed by atoms with van der Waals surface area (Å²) in [5.41, 5.74) is 6.06. The summed E-state index contributed by atoms with van der Waals surface area (Å²) >= 11 is 0. The molecule has 0 aliphatic carbocycles. The zero-order valence-corrected chi connectivity index (χ0v) is 11.3. The van der Waals surface area contributed by atoms with Gasteiger partial charge in [0, 0.05) is 29.7 Å². The fraction of sp³-hybridized carbons (Fsp3) is 0.133. The van der Waals surface area contributed by atoms with E-state index < -0.39 is 0 Å². The molecule has 0 aliphatic rings. The topological polar surface area (TPSA) is 59.4 Å². The van der Waals surface area contributed by atoms with Crippen molar-refractivity contribution in [2.75, 3.05) is 0 Å². The summed E-state index contributed by atoms with van der Waals surface area (Å²) in [4.78, 5) is 8.01. The Labute approximate surface area is 115 Å². The molecule has 98 valence electrons. The number of aryl methyl sites for hydroxylation is 2. The molecule has 0 saturated carbocycles. The second-order valence-electron chi connectivity index (χ2n) is 4.94. The quantitative estimate of drug-likeness (QED) is 0.574. The number of aromatic amines is 1. The largest absolute Gasteiger partial charge is 0.353 e. The standard InChI is InChI=1S/C15H13N5/c1-9-15(20(2)19-18-9)10-7-13-14(16-8-10)11-5-3-4-6-12(11)17-13/h3-8,17H,1-2H3. The van der Waals surface area contributed by atoms with Gasteiger partial charge in [-0.1, -0.05) is 23.4 Å². The molecule has 5 nitrogen and oxygen atoms in total. The number of nitrogens with one attached hydrogen (secondary N) is 1. The Morgan fingerprint density at radius 2 is 2.00 bits per heavy atom. The molecule has 3 heterocycles. The first-order valence-electron chi connectivity index (χ1n) is 6.47. The summed E-state index contributed by atoms with van der Waals surface area (Å²) in [6.07, 6.45) is 1.88. The van der Waals surface area contributed by atoms with Crippen molar-refractivity contribution >= 4 is 21.9 Å². The second-order valence-corrected chi connectivity index (χ2v) is 4.94. The van der Waals surface area contributed by atoms with E-state index in [9.17, 15) is 0 Å². The van der Waals surface area contributed by atoms with Crippen LogP contribution in [0, 0.1) is 6.92 Å². The molecule has 1 aromatic carbocycles. The van der Waals surface area contributed by atoms with E-state index in [0.717, 1.165) is 38.9 Å². The van der Waals surface area contributed by atoms with Crippen LogP contribution in [-0.4, -0.2) is 25.0 Å². The van der Waals surface area contributed by atoms with Crippen LogP contribution in [0.2, 0.25) is 0 Å². The predicted octanol–water partition coefficient (Wildman–Crippen LogP) is 2.82. The zero-order valence-electron chi connectivity index (χ0n) is 11.3. The summed E-state index contributed by atoms with van der Waals surface area (Å²) < 4.78 is 1.78. The van der Waals surface area contributed by atoms with Crippen molar-refractivity contribution in [2.45, 2.75) is 6.92 Å². The van der Waals surface area contributed by atoms with Gasteiger partial charge < -0.3 is 4.98 Å². The zero-order chi connectivity index (χ0) is 13.7. The summed E-state index contributed by atoms with van der Waals surface area (Å²) in [6, 6.07) is 10.3. The van der Waals surface area contributed by atoms with Crippen LogP contribution in [0.25, 0.3) is 33.2 Å². The van der Waals surface area contributed by atoms with E-state index in [2.05, 4.69) is 38.5 Å². The molecule has 4 rings (SSSR count). The van der Waals surface area contributed by atoms with Crippen LogP contribution in [0.3, 0.4) is 0 Å². The highest BCUT2D eigenvalue weighted by Crippen LogP contribution is 2.28. The third-order valence-electron chi connectivity index (χ3n) is 3.61. The molecule has 0 saturated heterocycles. The minimum absolute atomic E-state index is 0.907. The van der Waals surface area contributed by atoms with Crippen molar-refractivity contribution in [3.05, 3.63) is 42.2 Å². The molecule has 0 spiro atoms. The SMILES string of the molecule is Cc1nnn(C)c1-c1cnc2c(c1)[nH]c1ccccc12. The van der Waals surface area contributed by atoms with Gasteiger partial charge in [0.1, 0.15) is 0 Å². The Morgan fingerprint density at radius 3 is 2.80 bits per heavy atom. The van der Waals surface area contributed by atoms with Crippen molar-refractivity contribution in [3.8, 4) is 11.3 Å². The van der Waals surface area contributed by atoms with Gasteiger partial charge in [-0.25, -0.2) is 4.68 Å². The Kier molecular flexibility index (Phi) is 2.18. The van der Waals surface area contributed by atoms with Crippen molar-refractivity contribution in [1.29, 1.82) is 0 Å². The van der Waals surface area contributed by atoms with Gasteiger partial charge in [0.05, 0.1) is 22.4 Å². The van der Waals surface area contributed by atoms with Gasteiger partial charge in [-0.2, -0.15) is 0 Å². The number of hydrogen-bond donors (Lipinski definition) is 1. The van der Waals surface area contributed by atoms with E-state index in [-0.39, 0.29) is 0 Å². The molecular formula is C15H13N5. The van der Waals surface area contributed by atoms with Gasteiger partial charge in [0.2, 0.25) is 0 Å². The normalized spacial score (nSPS) is 11.5. The summed E-state index contributed by atoms with van der Waals surface area (Å²) in [6.45, 7) is 1.96. The number of aromatic nitrogens is 5. The molecule has 3 aromatic heterocycles. The monoisotopic (exact) mass is 263 g/mol. The van der Waals surface area contributed by atoms with Crippen LogP contribution in [0.5, 0.6) is 0 Å². The lowest BCUT2D eigenvalue weighted by molar-refractivity contribution is 0.719. The molecule has 0 bridgehead atoms. The molecule has 4 aromatic rings. The average Bonchev–Trinajstić information content (AvgIpc) is 2.98. The van der Waals surface area contributed by atoms with Crippen LogP contribution in [0.4, 0.5) is 0 Å². The number of para-hydroxylation sites is 1. The lowest BCUT2D eigenvalue weighted by atomic mass is 10.1. The summed E-state index contributed by atoms with van der Waals surface area (Å²) in [7, 11) is 1.89. The highest BCUT2D eigenvalue weighted by Gasteiger charge is 2.12. The number of fused-ring (bicyclic) bond motifs is 3.